The van der Waals surface area contributed by atoms with Gasteiger partial charge in [-0.3, -0.25) is 19.2 Å². The monoisotopic (exact) mass is 627 g/mol. The highest BCUT2D eigenvalue weighted by Crippen LogP contribution is 2.41. The second-order valence-electron chi connectivity index (χ2n) is 9.74. The van der Waals surface area contributed by atoms with Gasteiger partial charge in [0.1, 0.15) is 17.2 Å². The van der Waals surface area contributed by atoms with E-state index < -0.39 is 53.8 Å². The molecule has 3 aliphatic rings. The number of hydrogen-bond donors (Lipinski definition) is 1. The van der Waals surface area contributed by atoms with Gasteiger partial charge in [0.15, 0.2) is 19.4 Å². The normalized spacial score (nSPS) is 21.4. The van der Waals surface area contributed by atoms with Crippen LogP contribution in [0.5, 0.6) is 5.75 Å². The zero-order valence-corrected chi connectivity index (χ0v) is 24.1. The molecule has 208 valence electrons. The molecule has 0 aliphatic carbocycles. The highest BCUT2D eigenvalue weighted by atomic mass is 79.9. The van der Waals surface area contributed by atoms with E-state index in [1.165, 1.54) is 28.8 Å². The van der Waals surface area contributed by atoms with E-state index >= 15 is 0 Å². The molecule has 10 nitrogen and oxygen atoms in total. The molecule has 0 bridgehead atoms. The predicted molar refractivity (Wildman–Crippen MR) is 150 cm³/mol. The summed E-state index contributed by atoms with van der Waals surface area (Å²) in [6.45, 7) is 3.32. The second kappa shape index (κ2) is 11.5. The number of thioether (sulfide) groups is 1. The third-order valence-corrected chi connectivity index (χ3v) is 8.76. The smallest absolute Gasteiger partial charge is 0.335 e. The molecule has 1 fully saturated rings. The summed E-state index contributed by atoms with van der Waals surface area (Å²) in [5.74, 6) is -1.88. The first-order valence-electron chi connectivity index (χ1n) is 12.6. The van der Waals surface area contributed by atoms with Crippen molar-refractivity contribution < 1.29 is 33.4 Å². The molecule has 2 aromatic rings. The summed E-state index contributed by atoms with van der Waals surface area (Å²) in [4.78, 5) is 66.2. The van der Waals surface area contributed by atoms with Gasteiger partial charge < -0.3 is 19.7 Å². The van der Waals surface area contributed by atoms with Crippen molar-refractivity contribution in [1.82, 2.24) is 15.1 Å². The van der Waals surface area contributed by atoms with Crippen LogP contribution in [0.4, 0.5) is 0 Å². The Morgan fingerprint density at radius 1 is 1.02 bits per heavy atom. The van der Waals surface area contributed by atoms with Crippen LogP contribution in [-0.4, -0.2) is 75.5 Å². The fraction of sp³-hybridized carbons (Fsp3) is 0.321. The fourth-order valence-corrected chi connectivity index (χ4v) is 6.59. The lowest BCUT2D eigenvalue weighted by Gasteiger charge is -2.51. The lowest BCUT2D eigenvalue weighted by Crippen LogP contribution is -2.74. The molecule has 2 unspecified atom stereocenters. The van der Waals surface area contributed by atoms with Gasteiger partial charge in [0, 0.05) is 5.33 Å². The number of rotatable bonds is 9. The van der Waals surface area contributed by atoms with Gasteiger partial charge >= 0.3 is 5.97 Å². The molecule has 5 rings (SSSR count). The van der Waals surface area contributed by atoms with E-state index in [0.29, 0.717) is 22.6 Å². The number of amides is 4. The van der Waals surface area contributed by atoms with Gasteiger partial charge in [-0.25, -0.2) is 9.69 Å². The van der Waals surface area contributed by atoms with Crippen molar-refractivity contribution in [1.29, 1.82) is 0 Å². The summed E-state index contributed by atoms with van der Waals surface area (Å²) in [5.41, 5.74) is 2.22. The number of halogens is 1. The molecule has 1 saturated heterocycles. The minimum absolute atomic E-state index is 0.242. The highest BCUT2D eigenvalue weighted by molar-refractivity contribution is 9.09. The Balaban J connectivity index is 1.18. The molecule has 12 heteroatoms. The molecule has 3 heterocycles. The van der Waals surface area contributed by atoms with Crippen molar-refractivity contribution in [2.24, 2.45) is 0 Å². The van der Waals surface area contributed by atoms with Crippen molar-refractivity contribution in [2.75, 3.05) is 18.7 Å². The number of benzene rings is 2. The first-order valence-corrected chi connectivity index (χ1v) is 14.6. The SMILES string of the molecule is CC(C)c1ccc(OCC(=O)NC2C(=O)N3C(C(=O)OCN4C(=O)c5ccccc5C4=O)C(CBr)=CS[C@H]23)cc1. The van der Waals surface area contributed by atoms with E-state index in [1.54, 1.807) is 29.7 Å². The summed E-state index contributed by atoms with van der Waals surface area (Å²) in [6, 6.07) is 11.9. The Bertz CT molecular complexity index is 1380. The number of hydrogen-bond acceptors (Lipinski definition) is 8. The molecular weight excluding hydrogens is 602 g/mol. The number of imide groups is 1. The van der Waals surface area contributed by atoms with Gasteiger partial charge in [0.2, 0.25) is 5.91 Å². The third-order valence-electron chi connectivity index (χ3n) is 6.89. The number of carbonyl (C=O) groups is 5. The topological polar surface area (TPSA) is 122 Å². The first kappa shape index (κ1) is 27.9. The molecule has 0 aromatic heterocycles. The maximum absolute atomic E-state index is 13.2. The van der Waals surface area contributed by atoms with Crippen LogP contribution in [0, 0.1) is 0 Å². The zero-order valence-electron chi connectivity index (χ0n) is 21.7. The fourth-order valence-electron chi connectivity index (χ4n) is 4.68. The van der Waals surface area contributed by atoms with Crippen molar-refractivity contribution in [3.8, 4) is 5.75 Å². The third kappa shape index (κ3) is 5.13. The number of fused-ring (bicyclic) bond motifs is 2. The van der Waals surface area contributed by atoms with Crippen LogP contribution >= 0.6 is 27.7 Å². The standard InChI is InChI=1S/C28H26BrN3O7S/c1-15(2)16-7-9-18(10-8-16)38-12-21(33)30-22-26(36)32-23(17(11-29)13-40-27(22)32)28(37)39-14-31-24(34)19-5-3-4-6-20(19)25(31)35/h3-10,13,15,22-23,27H,11-12,14H2,1-2H3,(H,30,33)/t22?,23?,27-/m1/s1. The number of carbonyl (C=O) groups excluding carboxylic acids is 5. The summed E-state index contributed by atoms with van der Waals surface area (Å²) in [5, 5.41) is 4.21. The largest absolute Gasteiger partial charge is 0.484 e. The van der Waals surface area contributed by atoms with Gasteiger partial charge in [-0.05, 0) is 46.7 Å². The van der Waals surface area contributed by atoms with Gasteiger partial charge in [-0.1, -0.05) is 54.0 Å². The average molecular weight is 629 g/mol. The Kier molecular flexibility index (Phi) is 7.99. The van der Waals surface area contributed by atoms with Crippen molar-refractivity contribution in [2.45, 2.75) is 37.2 Å². The molecule has 2 aromatic carbocycles. The maximum atomic E-state index is 13.2. The molecule has 3 aliphatic heterocycles. The van der Waals surface area contributed by atoms with Crippen molar-refractivity contribution in [3.63, 3.8) is 0 Å². The minimum Gasteiger partial charge on any atom is -0.484 e. The Hall–Kier alpha value is -3.64. The molecule has 40 heavy (non-hydrogen) atoms. The maximum Gasteiger partial charge on any atom is 0.335 e. The predicted octanol–water partition coefficient (Wildman–Crippen LogP) is 3.03. The molecule has 0 radical (unpaired) electrons. The number of nitrogens with zero attached hydrogens (tertiary/aromatic N) is 2. The zero-order chi connectivity index (χ0) is 28.6. The van der Waals surface area contributed by atoms with E-state index in [0.717, 1.165) is 10.5 Å². The van der Waals surface area contributed by atoms with Crippen LogP contribution in [0.25, 0.3) is 0 Å². The molecule has 0 saturated carbocycles. The van der Waals surface area contributed by atoms with E-state index in [9.17, 15) is 24.0 Å². The molecule has 1 N–H and O–H groups in total. The molecule has 0 spiro atoms. The van der Waals surface area contributed by atoms with Crippen molar-refractivity contribution in [3.05, 3.63) is 76.2 Å². The molecule has 3 atom stereocenters. The Morgan fingerprint density at radius 3 is 2.27 bits per heavy atom. The summed E-state index contributed by atoms with van der Waals surface area (Å²) >= 11 is 4.65. The summed E-state index contributed by atoms with van der Waals surface area (Å²) < 4.78 is 10.9. The number of β-lactam (4-membered cyclic amide) rings is 1. The average Bonchev–Trinajstić information content (AvgIpc) is 3.21. The summed E-state index contributed by atoms with van der Waals surface area (Å²) in [6.07, 6.45) is 0. The van der Waals surface area contributed by atoms with Crippen LogP contribution in [0.3, 0.4) is 0 Å². The lowest BCUT2D eigenvalue weighted by atomic mass is 9.99. The van der Waals surface area contributed by atoms with Crippen LogP contribution < -0.4 is 10.1 Å². The minimum atomic E-state index is -1.06. The van der Waals surface area contributed by atoms with Crippen LogP contribution in [-0.2, 0) is 19.1 Å². The summed E-state index contributed by atoms with van der Waals surface area (Å²) in [7, 11) is 0. The van der Waals surface area contributed by atoms with E-state index in [2.05, 4.69) is 35.1 Å². The van der Waals surface area contributed by atoms with Gasteiger partial charge in [-0.2, -0.15) is 0 Å². The molecular formula is C28H26BrN3O7S. The van der Waals surface area contributed by atoms with Gasteiger partial charge in [0.05, 0.1) is 11.1 Å². The van der Waals surface area contributed by atoms with Crippen LogP contribution in [0.1, 0.15) is 46.0 Å². The number of alkyl halides is 1. The van der Waals surface area contributed by atoms with Gasteiger partial charge in [0.25, 0.3) is 17.7 Å². The lowest BCUT2D eigenvalue weighted by molar-refractivity contribution is -0.164. The number of ether oxygens (including phenoxy) is 2. The van der Waals surface area contributed by atoms with E-state index in [-0.39, 0.29) is 17.7 Å². The first-order chi connectivity index (χ1) is 19.2. The Labute approximate surface area is 243 Å². The van der Waals surface area contributed by atoms with E-state index in [4.69, 9.17) is 9.47 Å². The molecule has 4 amide bonds. The van der Waals surface area contributed by atoms with Crippen LogP contribution in [0.15, 0.2) is 59.5 Å². The van der Waals surface area contributed by atoms with Gasteiger partial charge in [-0.15, -0.1) is 11.8 Å². The number of esters is 1. The second-order valence-corrected chi connectivity index (χ2v) is 11.3. The number of nitrogens with one attached hydrogen (secondary N) is 1. The van der Waals surface area contributed by atoms with E-state index in [1.807, 2.05) is 12.1 Å². The van der Waals surface area contributed by atoms with Crippen LogP contribution in [0.2, 0.25) is 0 Å². The Morgan fingerprint density at radius 2 is 1.68 bits per heavy atom. The quantitative estimate of drug-likeness (QED) is 0.195. The highest BCUT2D eigenvalue weighted by Gasteiger charge is 2.56. The van der Waals surface area contributed by atoms with Crippen molar-refractivity contribution >= 4 is 57.3 Å².